The molecule has 3 heterocycles. The molecule has 2 aliphatic rings. The molecule has 0 bridgehead atoms. The summed E-state index contributed by atoms with van der Waals surface area (Å²) in [5.74, 6) is -0.181. The van der Waals surface area contributed by atoms with Crippen molar-refractivity contribution in [3.8, 4) is 0 Å². The highest BCUT2D eigenvalue weighted by atomic mass is 16.5. The molecule has 1 amide bonds. The minimum Gasteiger partial charge on any atom is -0.381 e. The van der Waals surface area contributed by atoms with Crippen molar-refractivity contribution in [3.05, 3.63) is 34.2 Å². The zero-order valence-electron chi connectivity index (χ0n) is 13.5. The van der Waals surface area contributed by atoms with Crippen molar-refractivity contribution in [1.82, 2.24) is 9.88 Å². The third kappa shape index (κ3) is 3.64. The van der Waals surface area contributed by atoms with E-state index in [2.05, 4.69) is 5.32 Å². The predicted molar refractivity (Wildman–Crippen MR) is 85.6 cm³/mol. The Bertz CT molecular complexity index is 614. The number of hydrogen-bond acceptors (Lipinski definition) is 4. The summed E-state index contributed by atoms with van der Waals surface area (Å²) in [5, 5.41) is 3.06. The van der Waals surface area contributed by atoms with Crippen molar-refractivity contribution in [2.75, 3.05) is 19.8 Å². The molecule has 23 heavy (non-hydrogen) atoms. The largest absolute Gasteiger partial charge is 0.381 e. The molecule has 2 saturated heterocycles. The fourth-order valence-electron chi connectivity index (χ4n) is 3.42. The van der Waals surface area contributed by atoms with Crippen LogP contribution in [0, 0.1) is 0 Å². The van der Waals surface area contributed by atoms with Crippen molar-refractivity contribution in [3.63, 3.8) is 0 Å². The molecule has 2 aliphatic heterocycles. The Kier molecular flexibility index (Phi) is 4.82. The number of carbonyl (C=O) groups excluding carboxylic acids is 1. The van der Waals surface area contributed by atoms with Crippen molar-refractivity contribution in [1.29, 1.82) is 0 Å². The van der Waals surface area contributed by atoms with Crippen LogP contribution < -0.4 is 10.9 Å². The maximum atomic E-state index is 12.4. The molecule has 1 aromatic heterocycles. The van der Waals surface area contributed by atoms with Crippen LogP contribution in [-0.4, -0.2) is 41.9 Å². The van der Waals surface area contributed by atoms with Crippen LogP contribution in [-0.2, 0) is 16.0 Å². The first-order chi connectivity index (χ1) is 11.1. The third-order valence-electron chi connectivity index (χ3n) is 4.83. The lowest BCUT2D eigenvalue weighted by molar-refractivity contribution is -0.139. The van der Waals surface area contributed by atoms with Gasteiger partial charge in [0.25, 0.3) is 11.5 Å². The van der Waals surface area contributed by atoms with Gasteiger partial charge in [-0.15, -0.1) is 0 Å². The highest BCUT2D eigenvalue weighted by Crippen LogP contribution is 2.34. The summed E-state index contributed by atoms with van der Waals surface area (Å²) in [6, 6.07) is 3.19. The molecule has 6 nitrogen and oxygen atoms in total. The lowest BCUT2D eigenvalue weighted by atomic mass is 9.84. The molecule has 1 atom stereocenters. The summed E-state index contributed by atoms with van der Waals surface area (Å²) in [4.78, 5) is 24.3. The number of aromatic nitrogens is 1. The fourth-order valence-corrected chi connectivity index (χ4v) is 3.42. The quantitative estimate of drug-likeness (QED) is 0.912. The van der Waals surface area contributed by atoms with Gasteiger partial charge in [-0.05, 0) is 38.7 Å². The Balaban J connectivity index is 1.65. The van der Waals surface area contributed by atoms with Crippen LogP contribution >= 0.6 is 0 Å². The van der Waals surface area contributed by atoms with Gasteiger partial charge in [0.2, 0.25) is 0 Å². The van der Waals surface area contributed by atoms with Crippen molar-refractivity contribution in [2.45, 2.75) is 50.8 Å². The lowest BCUT2D eigenvalue weighted by Gasteiger charge is -2.43. The van der Waals surface area contributed by atoms with Gasteiger partial charge < -0.3 is 19.4 Å². The Morgan fingerprint density at radius 3 is 2.87 bits per heavy atom. The van der Waals surface area contributed by atoms with E-state index in [1.165, 1.54) is 6.07 Å². The molecule has 1 spiro atoms. The van der Waals surface area contributed by atoms with E-state index >= 15 is 0 Å². The van der Waals surface area contributed by atoms with Gasteiger partial charge in [0.1, 0.15) is 0 Å². The second-order valence-corrected chi connectivity index (χ2v) is 6.35. The van der Waals surface area contributed by atoms with Crippen LogP contribution in [0.4, 0.5) is 0 Å². The molecule has 126 valence electrons. The van der Waals surface area contributed by atoms with Crippen molar-refractivity contribution >= 4 is 5.91 Å². The summed E-state index contributed by atoms with van der Waals surface area (Å²) in [6.07, 6.45) is 5.05. The average molecular weight is 320 g/mol. The highest BCUT2D eigenvalue weighted by Gasteiger charge is 2.39. The molecule has 0 saturated carbocycles. The van der Waals surface area contributed by atoms with Crippen molar-refractivity contribution < 1.29 is 14.3 Å². The number of amides is 1. The van der Waals surface area contributed by atoms with Gasteiger partial charge in [-0.1, -0.05) is 0 Å². The zero-order valence-corrected chi connectivity index (χ0v) is 13.5. The smallest absolute Gasteiger partial charge is 0.251 e. The molecule has 0 unspecified atom stereocenters. The Hall–Kier alpha value is -1.66. The maximum Gasteiger partial charge on any atom is 0.251 e. The SMILES string of the molecule is CCn1ccc(C(=O)N[C@@H]2CCOC3(CCOCC3)C2)cc1=O. The molecule has 0 radical (unpaired) electrons. The first kappa shape index (κ1) is 16.2. The fraction of sp³-hybridized carbons (Fsp3) is 0.647. The molecule has 3 rings (SSSR count). The summed E-state index contributed by atoms with van der Waals surface area (Å²) in [5.41, 5.74) is 0.125. The maximum absolute atomic E-state index is 12.4. The van der Waals surface area contributed by atoms with Crippen LogP contribution in [0.25, 0.3) is 0 Å². The lowest BCUT2D eigenvalue weighted by Crippen LogP contribution is -2.51. The average Bonchev–Trinajstić information content (AvgIpc) is 2.55. The minimum absolute atomic E-state index is 0.0861. The van der Waals surface area contributed by atoms with Crippen LogP contribution in [0.2, 0.25) is 0 Å². The Morgan fingerprint density at radius 2 is 2.17 bits per heavy atom. The van der Waals surface area contributed by atoms with Crippen LogP contribution in [0.15, 0.2) is 23.1 Å². The third-order valence-corrected chi connectivity index (χ3v) is 4.83. The Labute approximate surface area is 135 Å². The number of pyridine rings is 1. The molecular formula is C17H24N2O4. The van der Waals surface area contributed by atoms with E-state index < -0.39 is 0 Å². The van der Waals surface area contributed by atoms with Gasteiger partial charge in [-0.3, -0.25) is 9.59 Å². The summed E-state index contributed by atoms with van der Waals surface area (Å²) < 4.78 is 13.0. The van der Waals surface area contributed by atoms with Gasteiger partial charge in [0.05, 0.1) is 5.60 Å². The molecule has 0 aliphatic carbocycles. The van der Waals surface area contributed by atoms with E-state index in [0.717, 1.165) is 38.9 Å². The van der Waals surface area contributed by atoms with E-state index in [1.54, 1.807) is 16.8 Å². The molecule has 0 aromatic carbocycles. The number of ether oxygens (including phenoxy) is 2. The van der Waals surface area contributed by atoms with Gasteiger partial charge in [0.15, 0.2) is 0 Å². The molecule has 2 fully saturated rings. The first-order valence-electron chi connectivity index (χ1n) is 8.35. The van der Waals surface area contributed by atoms with E-state index in [0.29, 0.717) is 18.7 Å². The van der Waals surface area contributed by atoms with Crippen LogP contribution in [0.3, 0.4) is 0 Å². The van der Waals surface area contributed by atoms with Gasteiger partial charge in [-0.25, -0.2) is 0 Å². The van der Waals surface area contributed by atoms with Crippen LogP contribution in [0.1, 0.15) is 43.0 Å². The Morgan fingerprint density at radius 1 is 1.39 bits per heavy atom. The van der Waals surface area contributed by atoms with Crippen LogP contribution in [0.5, 0.6) is 0 Å². The number of hydrogen-bond donors (Lipinski definition) is 1. The summed E-state index contributed by atoms with van der Waals surface area (Å²) >= 11 is 0. The zero-order chi connectivity index (χ0) is 16.3. The standard InChI is InChI=1S/C17H24N2O4/c1-2-19-7-3-13(11-15(19)20)16(21)18-14-4-8-23-17(12-14)5-9-22-10-6-17/h3,7,11,14H,2,4-6,8-10,12H2,1H3,(H,18,21)/t14-/m1/s1. The summed E-state index contributed by atoms with van der Waals surface area (Å²) in [6.45, 7) is 4.59. The van der Waals surface area contributed by atoms with Gasteiger partial charge in [-0.2, -0.15) is 0 Å². The molecule has 6 heteroatoms. The minimum atomic E-state index is -0.181. The second-order valence-electron chi connectivity index (χ2n) is 6.35. The number of carbonyl (C=O) groups is 1. The van der Waals surface area contributed by atoms with E-state index in [-0.39, 0.29) is 23.1 Å². The first-order valence-corrected chi connectivity index (χ1v) is 8.35. The normalized spacial score (nSPS) is 23.6. The van der Waals surface area contributed by atoms with Gasteiger partial charge >= 0.3 is 0 Å². The van der Waals surface area contributed by atoms with E-state index in [9.17, 15) is 9.59 Å². The number of rotatable bonds is 3. The molecule has 1 aromatic rings. The predicted octanol–water partition coefficient (Wildman–Crippen LogP) is 1.33. The molecular weight excluding hydrogens is 296 g/mol. The summed E-state index contributed by atoms with van der Waals surface area (Å²) in [7, 11) is 0. The number of nitrogens with zero attached hydrogens (tertiary/aromatic N) is 1. The number of nitrogens with one attached hydrogen (secondary N) is 1. The second kappa shape index (κ2) is 6.84. The van der Waals surface area contributed by atoms with Gasteiger partial charge in [0, 0.05) is 50.2 Å². The number of aryl methyl sites for hydroxylation is 1. The van der Waals surface area contributed by atoms with E-state index in [4.69, 9.17) is 9.47 Å². The highest BCUT2D eigenvalue weighted by molar-refractivity contribution is 5.94. The van der Waals surface area contributed by atoms with Crippen molar-refractivity contribution in [2.24, 2.45) is 0 Å². The topological polar surface area (TPSA) is 69.6 Å². The van der Waals surface area contributed by atoms with E-state index in [1.807, 2.05) is 6.92 Å². The monoisotopic (exact) mass is 320 g/mol. The molecule has 1 N–H and O–H groups in total.